The molecule has 148 valence electrons. The Morgan fingerprint density at radius 3 is 2.14 bits per heavy atom. The summed E-state index contributed by atoms with van der Waals surface area (Å²) < 4.78 is 0. The zero-order valence-corrected chi connectivity index (χ0v) is 16.4. The zero-order chi connectivity index (χ0) is 19.2. The van der Waals surface area contributed by atoms with E-state index in [2.05, 4.69) is 50.0 Å². The maximum absolute atomic E-state index is 12.7. The number of hydrogen-bond acceptors (Lipinski definition) is 5. The minimum absolute atomic E-state index is 0.269. The van der Waals surface area contributed by atoms with Crippen LogP contribution in [0.4, 0.5) is 5.69 Å². The van der Waals surface area contributed by atoms with Crippen molar-refractivity contribution in [2.24, 2.45) is 0 Å². The first-order valence-electron chi connectivity index (χ1n) is 10.2. The van der Waals surface area contributed by atoms with Gasteiger partial charge in [-0.2, -0.15) is 0 Å². The Balaban J connectivity index is 1.19. The molecule has 1 aromatic carbocycles. The molecule has 0 saturated carbocycles. The molecule has 1 aromatic heterocycles. The molecule has 0 bridgehead atoms. The van der Waals surface area contributed by atoms with Crippen molar-refractivity contribution < 1.29 is 4.79 Å². The van der Waals surface area contributed by atoms with Crippen LogP contribution in [0.5, 0.6) is 0 Å². The lowest BCUT2D eigenvalue weighted by Gasteiger charge is -2.38. The molecular formula is C22H29N5O. The van der Waals surface area contributed by atoms with Gasteiger partial charge in [-0.25, -0.2) is 0 Å². The number of piperazine rings is 2. The maximum atomic E-state index is 12.7. The van der Waals surface area contributed by atoms with E-state index < -0.39 is 0 Å². The number of aromatic nitrogens is 1. The second-order valence-corrected chi connectivity index (χ2v) is 7.58. The molecule has 6 heteroatoms. The standard InChI is InChI=1S/C22H29N5O/c28-22(27-16-14-26(15-17-27)21-7-2-1-3-8-21)19-25-12-10-24(11-13-25)18-20-6-4-5-9-23-20/h1-9H,10-19H2. The van der Waals surface area contributed by atoms with E-state index in [1.807, 2.05) is 29.3 Å². The molecule has 3 heterocycles. The van der Waals surface area contributed by atoms with Crippen LogP contribution in [-0.2, 0) is 11.3 Å². The van der Waals surface area contributed by atoms with E-state index in [4.69, 9.17) is 0 Å². The molecule has 2 aliphatic heterocycles. The van der Waals surface area contributed by atoms with Gasteiger partial charge in [-0.15, -0.1) is 0 Å². The quantitative estimate of drug-likeness (QED) is 0.789. The normalized spacial score (nSPS) is 19.0. The SMILES string of the molecule is O=C(CN1CCN(Cc2ccccn2)CC1)N1CCN(c2ccccc2)CC1. The molecule has 0 radical (unpaired) electrons. The summed E-state index contributed by atoms with van der Waals surface area (Å²) in [5.74, 6) is 0.269. The summed E-state index contributed by atoms with van der Waals surface area (Å²) in [7, 11) is 0. The highest BCUT2D eigenvalue weighted by Crippen LogP contribution is 2.16. The average Bonchev–Trinajstić information content (AvgIpc) is 2.76. The Labute approximate surface area is 167 Å². The molecule has 2 aliphatic rings. The third kappa shape index (κ3) is 4.88. The largest absolute Gasteiger partial charge is 0.368 e. The summed E-state index contributed by atoms with van der Waals surface area (Å²) in [6.07, 6.45) is 1.85. The van der Waals surface area contributed by atoms with Crippen LogP contribution in [0.3, 0.4) is 0 Å². The summed E-state index contributed by atoms with van der Waals surface area (Å²) in [6.45, 7) is 8.76. The van der Waals surface area contributed by atoms with Gasteiger partial charge in [0.15, 0.2) is 0 Å². The molecular weight excluding hydrogens is 350 g/mol. The molecule has 2 saturated heterocycles. The monoisotopic (exact) mass is 379 g/mol. The molecule has 2 fully saturated rings. The van der Waals surface area contributed by atoms with Crippen molar-refractivity contribution in [3.05, 3.63) is 60.4 Å². The van der Waals surface area contributed by atoms with Crippen molar-refractivity contribution in [1.82, 2.24) is 19.7 Å². The molecule has 0 aliphatic carbocycles. The van der Waals surface area contributed by atoms with Crippen LogP contribution in [0.1, 0.15) is 5.69 Å². The smallest absolute Gasteiger partial charge is 0.236 e. The predicted octanol–water partition coefficient (Wildman–Crippen LogP) is 1.55. The van der Waals surface area contributed by atoms with Crippen molar-refractivity contribution in [2.75, 3.05) is 63.8 Å². The number of carbonyl (C=O) groups excluding carboxylic acids is 1. The van der Waals surface area contributed by atoms with E-state index in [-0.39, 0.29) is 5.91 Å². The van der Waals surface area contributed by atoms with Gasteiger partial charge in [0.1, 0.15) is 0 Å². The Morgan fingerprint density at radius 2 is 1.46 bits per heavy atom. The minimum atomic E-state index is 0.269. The van der Waals surface area contributed by atoms with Gasteiger partial charge in [0.25, 0.3) is 0 Å². The van der Waals surface area contributed by atoms with Gasteiger partial charge in [-0.05, 0) is 24.3 Å². The van der Waals surface area contributed by atoms with Gasteiger partial charge in [-0.1, -0.05) is 24.3 Å². The van der Waals surface area contributed by atoms with Crippen LogP contribution in [0, 0.1) is 0 Å². The van der Waals surface area contributed by atoms with E-state index in [9.17, 15) is 4.79 Å². The summed E-state index contributed by atoms with van der Waals surface area (Å²) in [6, 6.07) is 16.5. The van der Waals surface area contributed by atoms with Crippen molar-refractivity contribution in [2.45, 2.75) is 6.54 Å². The molecule has 0 spiro atoms. The second-order valence-electron chi connectivity index (χ2n) is 7.58. The van der Waals surface area contributed by atoms with Crippen LogP contribution in [0.25, 0.3) is 0 Å². The van der Waals surface area contributed by atoms with Gasteiger partial charge in [-0.3, -0.25) is 19.6 Å². The fourth-order valence-corrected chi connectivity index (χ4v) is 3.97. The number of rotatable bonds is 5. The van der Waals surface area contributed by atoms with Gasteiger partial charge in [0, 0.05) is 70.8 Å². The number of hydrogen-bond donors (Lipinski definition) is 0. The van der Waals surface area contributed by atoms with E-state index in [0.29, 0.717) is 6.54 Å². The van der Waals surface area contributed by atoms with Gasteiger partial charge in [0.2, 0.25) is 5.91 Å². The summed E-state index contributed by atoms with van der Waals surface area (Å²) >= 11 is 0. The Bertz CT molecular complexity index is 738. The molecule has 0 N–H and O–H groups in total. The van der Waals surface area contributed by atoms with Crippen molar-refractivity contribution in [3.63, 3.8) is 0 Å². The predicted molar refractivity (Wildman–Crippen MR) is 111 cm³/mol. The first-order chi connectivity index (χ1) is 13.8. The average molecular weight is 380 g/mol. The van der Waals surface area contributed by atoms with Crippen molar-refractivity contribution >= 4 is 11.6 Å². The number of para-hydroxylation sites is 1. The topological polar surface area (TPSA) is 42.9 Å². The molecule has 1 amide bonds. The van der Waals surface area contributed by atoms with E-state index in [1.54, 1.807) is 0 Å². The van der Waals surface area contributed by atoms with E-state index >= 15 is 0 Å². The van der Waals surface area contributed by atoms with Crippen LogP contribution >= 0.6 is 0 Å². The number of pyridine rings is 1. The minimum Gasteiger partial charge on any atom is -0.368 e. The number of anilines is 1. The Hall–Kier alpha value is -2.44. The lowest BCUT2D eigenvalue weighted by molar-refractivity contribution is -0.133. The second kappa shape index (κ2) is 9.17. The van der Waals surface area contributed by atoms with Crippen molar-refractivity contribution in [3.8, 4) is 0 Å². The van der Waals surface area contributed by atoms with Crippen LogP contribution in [-0.4, -0.2) is 84.5 Å². The molecule has 0 unspecified atom stereocenters. The summed E-state index contributed by atoms with van der Waals surface area (Å²) in [5, 5.41) is 0. The van der Waals surface area contributed by atoms with E-state index in [0.717, 1.165) is 64.6 Å². The maximum Gasteiger partial charge on any atom is 0.236 e. The highest BCUT2D eigenvalue weighted by Gasteiger charge is 2.24. The molecule has 6 nitrogen and oxygen atoms in total. The number of amides is 1. The number of carbonyl (C=O) groups is 1. The number of benzene rings is 1. The first kappa shape index (κ1) is 18.9. The van der Waals surface area contributed by atoms with Gasteiger partial charge in [0.05, 0.1) is 12.2 Å². The highest BCUT2D eigenvalue weighted by atomic mass is 16.2. The van der Waals surface area contributed by atoms with Crippen LogP contribution in [0.15, 0.2) is 54.7 Å². The molecule has 0 atom stereocenters. The summed E-state index contributed by atoms with van der Waals surface area (Å²) in [4.78, 5) is 26.2. The van der Waals surface area contributed by atoms with Gasteiger partial charge >= 0.3 is 0 Å². The lowest BCUT2D eigenvalue weighted by Crippen LogP contribution is -2.53. The first-order valence-corrected chi connectivity index (χ1v) is 10.2. The summed E-state index contributed by atoms with van der Waals surface area (Å²) in [5.41, 5.74) is 2.36. The molecule has 4 rings (SSSR count). The third-order valence-corrected chi connectivity index (χ3v) is 5.69. The zero-order valence-electron chi connectivity index (χ0n) is 16.4. The Kier molecular flexibility index (Phi) is 6.19. The van der Waals surface area contributed by atoms with E-state index in [1.165, 1.54) is 5.69 Å². The fraction of sp³-hybridized carbons (Fsp3) is 0.455. The third-order valence-electron chi connectivity index (χ3n) is 5.69. The lowest BCUT2D eigenvalue weighted by atomic mass is 10.2. The molecule has 28 heavy (non-hydrogen) atoms. The van der Waals surface area contributed by atoms with Gasteiger partial charge < -0.3 is 9.80 Å². The Morgan fingerprint density at radius 1 is 0.786 bits per heavy atom. The highest BCUT2D eigenvalue weighted by molar-refractivity contribution is 5.78. The number of nitrogens with zero attached hydrogens (tertiary/aromatic N) is 5. The van der Waals surface area contributed by atoms with Crippen LogP contribution < -0.4 is 4.90 Å². The van der Waals surface area contributed by atoms with Crippen molar-refractivity contribution in [1.29, 1.82) is 0 Å². The fourth-order valence-electron chi connectivity index (χ4n) is 3.97. The van der Waals surface area contributed by atoms with Crippen LogP contribution in [0.2, 0.25) is 0 Å². The molecule has 2 aromatic rings.